The quantitative estimate of drug-likeness (QED) is 0.0469. The van der Waals surface area contributed by atoms with Crippen LogP contribution in [0.5, 0.6) is 0 Å². The van der Waals surface area contributed by atoms with E-state index in [9.17, 15) is 19.8 Å². The first kappa shape index (κ1) is 51.1. The Morgan fingerprint density at radius 2 is 0.511 bits per heavy atom. The first-order valence-corrected chi connectivity index (χ1v) is 25.1. The summed E-state index contributed by atoms with van der Waals surface area (Å²) in [5.41, 5.74) is 0. The van der Waals surface area contributed by atoms with Gasteiger partial charge in [-0.05, 0) is 25.7 Å². The average molecular weight is 772 g/mol. The zero-order valence-corrected chi connectivity index (χ0v) is 35.4. The van der Waals surface area contributed by atoms with Crippen molar-refractivity contribution in [3.63, 3.8) is 0 Å². The summed E-state index contributed by atoms with van der Waals surface area (Å²) in [6, 6.07) is 0. The summed E-state index contributed by atoms with van der Waals surface area (Å²) in [7, 11) is 0. The van der Waals surface area contributed by atoms with Crippen LogP contribution in [-0.4, -0.2) is 33.1 Å². The fraction of sp³-hybridized carbons (Fsp3) is 0.952. The van der Waals surface area contributed by atoms with Crippen LogP contribution in [0.25, 0.3) is 0 Å². The molecule has 0 bridgehead atoms. The Hall–Kier alpha value is -0.261. The van der Waals surface area contributed by atoms with E-state index in [1.165, 1.54) is 180 Å². The number of aliphatic carboxylic acids is 2. The molecule has 0 heterocycles. The van der Waals surface area contributed by atoms with Crippen molar-refractivity contribution in [1.29, 1.82) is 0 Å². The zero-order chi connectivity index (χ0) is 35.3. The van der Waals surface area contributed by atoms with Crippen LogP contribution in [0, 0.1) is 0 Å². The first-order valence-electron chi connectivity index (χ1n) is 21.1. The fourth-order valence-electron chi connectivity index (χ4n) is 5.76. The van der Waals surface area contributed by atoms with E-state index in [-0.39, 0.29) is 34.0 Å². The van der Waals surface area contributed by atoms with Gasteiger partial charge in [0, 0.05) is 11.9 Å². The van der Waals surface area contributed by atoms with Crippen molar-refractivity contribution in [2.24, 2.45) is 0 Å². The number of carboxylic acid groups (broad SMARTS) is 2. The Labute approximate surface area is 306 Å². The van der Waals surface area contributed by atoms with Gasteiger partial charge in [0.15, 0.2) is 0 Å². The van der Waals surface area contributed by atoms with Crippen LogP contribution >= 0.6 is 0 Å². The summed E-state index contributed by atoms with van der Waals surface area (Å²) in [4.78, 5) is 20.4. The van der Waals surface area contributed by atoms with Gasteiger partial charge in [-0.1, -0.05) is 194 Å². The Bertz CT molecular complexity index is 521. The van der Waals surface area contributed by atoms with Crippen LogP contribution in [0.3, 0.4) is 0 Å². The Kier molecular flexibility index (Phi) is 54.5. The summed E-state index contributed by atoms with van der Waals surface area (Å²) in [5, 5.41) is 20.4. The van der Waals surface area contributed by atoms with E-state index in [2.05, 4.69) is 27.7 Å². The van der Waals surface area contributed by atoms with Gasteiger partial charge in [0.05, 0.1) is 0 Å². The molecular formula is C42H84O4Sn. The predicted octanol–water partition coefficient (Wildman–Crippen LogP) is 12.3. The number of unbranched alkanes of at least 4 members (excludes halogenated alkanes) is 28. The monoisotopic (exact) mass is 773 g/mol. The molecule has 0 aromatic rings. The molecule has 0 N–H and O–H groups in total. The second-order valence-corrected chi connectivity index (χ2v) is 18.2. The number of carbonyl (C=O) groups excluding carboxylic acids is 2. The van der Waals surface area contributed by atoms with Crippen LogP contribution in [0.4, 0.5) is 0 Å². The van der Waals surface area contributed by atoms with Crippen molar-refractivity contribution in [2.45, 2.75) is 255 Å². The van der Waals surface area contributed by atoms with Gasteiger partial charge in [0.2, 0.25) is 0 Å². The number of hydrogen-bond acceptors (Lipinski definition) is 4. The van der Waals surface area contributed by atoms with Crippen LogP contribution in [0.1, 0.15) is 246 Å². The van der Waals surface area contributed by atoms with Crippen LogP contribution < -0.4 is 10.2 Å². The molecule has 0 unspecified atom stereocenters. The zero-order valence-electron chi connectivity index (χ0n) is 32.6. The normalized spacial score (nSPS) is 10.5. The van der Waals surface area contributed by atoms with Gasteiger partial charge in [0.1, 0.15) is 0 Å². The summed E-state index contributed by atoms with van der Waals surface area (Å²) >= 11 is 0.181. The molecule has 0 saturated carbocycles. The van der Waals surface area contributed by atoms with Gasteiger partial charge in [-0.2, -0.15) is 0 Å². The van der Waals surface area contributed by atoms with Gasteiger partial charge in [0.25, 0.3) is 0 Å². The second kappa shape index (κ2) is 50.1. The molecule has 0 aromatic heterocycles. The summed E-state index contributed by atoms with van der Waals surface area (Å²) in [5.74, 6) is -1.81. The van der Waals surface area contributed by atoms with E-state index in [0.717, 1.165) is 25.7 Å². The third-order valence-corrected chi connectivity index (χ3v) is 13.7. The third-order valence-electron chi connectivity index (χ3n) is 8.82. The molecule has 0 aliphatic carbocycles. The molecule has 0 aliphatic heterocycles. The number of carbonyl (C=O) groups is 2. The van der Waals surface area contributed by atoms with E-state index >= 15 is 0 Å². The third kappa shape index (κ3) is 61.4. The molecule has 0 saturated heterocycles. The van der Waals surface area contributed by atoms with Crippen molar-refractivity contribution < 1.29 is 19.8 Å². The van der Waals surface area contributed by atoms with Gasteiger partial charge in [-0.25, -0.2) is 0 Å². The van der Waals surface area contributed by atoms with E-state index in [1.54, 1.807) is 8.87 Å². The molecule has 0 rings (SSSR count). The van der Waals surface area contributed by atoms with Gasteiger partial charge < -0.3 is 19.8 Å². The van der Waals surface area contributed by atoms with E-state index < -0.39 is 11.9 Å². The summed E-state index contributed by atoms with van der Waals surface area (Å²) < 4.78 is 3.19. The molecule has 4 nitrogen and oxygen atoms in total. The molecule has 5 heteroatoms. The van der Waals surface area contributed by atoms with Crippen LogP contribution in [0.2, 0.25) is 8.87 Å². The Balaban J connectivity index is -0.000000685. The summed E-state index contributed by atoms with van der Waals surface area (Å²) in [6.45, 7) is 9.11. The maximum absolute atomic E-state index is 10.2. The number of hydrogen-bond donors (Lipinski definition) is 0. The molecule has 0 aliphatic rings. The molecule has 0 aromatic carbocycles. The standard InChI is InChI=1S/2C18H36O2.2C3H7.Sn/c2*1-2-3-4-5-6-7-8-9-10-11-12-13-14-15-16-17-18(19)20;2*1-3-2;/h2*2-17H2,1H3,(H,19,20);2*1,3H2,2H3;/q;;;;+2/p-2. The van der Waals surface area contributed by atoms with E-state index in [0.29, 0.717) is 0 Å². The van der Waals surface area contributed by atoms with Crippen molar-refractivity contribution in [3.8, 4) is 0 Å². The van der Waals surface area contributed by atoms with E-state index in [1.807, 2.05) is 0 Å². The van der Waals surface area contributed by atoms with Crippen molar-refractivity contribution in [3.05, 3.63) is 0 Å². The molecule has 0 radical (unpaired) electrons. The Morgan fingerprint density at radius 3 is 0.681 bits per heavy atom. The minimum absolute atomic E-state index is 0.181. The average Bonchev–Trinajstić information content (AvgIpc) is 3.05. The number of carboxylic acids is 2. The summed E-state index contributed by atoms with van der Waals surface area (Å²) in [6.07, 6.45) is 42.6. The maximum atomic E-state index is 10.2. The predicted molar refractivity (Wildman–Crippen MR) is 205 cm³/mol. The SMILES string of the molecule is CCCCCCCCCCCCCCCCCC(=O)[O-].CCCCCCCCCCCCCCCCCC(=O)[O-].CC[CH2][Sn+2][CH2]CC. The molecule has 0 amide bonds. The molecule has 47 heavy (non-hydrogen) atoms. The van der Waals surface area contributed by atoms with Gasteiger partial charge in [-0.15, -0.1) is 0 Å². The van der Waals surface area contributed by atoms with Crippen molar-refractivity contribution in [2.75, 3.05) is 0 Å². The molecule has 0 atom stereocenters. The van der Waals surface area contributed by atoms with Crippen molar-refractivity contribution in [1.82, 2.24) is 0 Å². The number of rotatable bonds is 36. The van der Waals surface area contributed by atoms with Gasteiger partial charge in [-0.3, -0.25) is 0 Å². The molecule has 0 spiro atoms. The molecular weight excluding hydrogens is 687 g/mol. The van der Waals surface area contributed by atoms with Gasteiger partial charge >= 0.3 is 56.7 Å². The first-order chi connectivity index (χ1) is 23.0. The topological polar surface area (TPSA) is 80.3 Å². The van der Waals surface area contributed by atoms with E-state index in [4.69, 9.17) is 0 Å². The Morgan fingerprint density at radius 1 is 0.319 bits per heavy atom. The van der Waals surface area contributed by atoms with Crippen molar-refractivity contribution >= 4 is 33.1 Å². The second-order valence-electron chi connectivity index (χ2n) is 13.9. The molecule has 0 fully saturated rings. The fourth-order valence-corrected chi connectivity index (χ4v) is 8.49. The minimum atomic E-state index is -0.903. The molecule has 280 valence electrons. The van der Waals surface area contributed by atoms with Crippen LogP contribution in [-0.2, 0) is 9.59 Å². The van der Waals surface area contributed by atoms with Crippen LogP contribution in [0.15, 0.2) is 0 Å².